The van der Waals surface area contributed by atoms with Gasteiger partial charge in [0.25, 0.3) is 0 Å². The Morgan fingerprint density at radius 1 is 1.03 bits per heavy atom. The number of rotatable bonds is 6. The van der Waals surface area contributed by atoms with Crippen LogP contribution < -0.4 is 10.2 Å². The van der Waals surface area contributed by atoms with Gasteiger partial charge in [-0.2, -0.15) is 8.42 Å². The van der Waals surface area contributed by atoms with E-state index >= 15 is 0 Å². The Labute approximate surface area is 203 Å². The second-order valence-electron chi connectivity index (χ2n) is 8.02. The lowest BCUT2D eigenvalue weighted by Gasteiger charge is -2.41. The van der Waals surface area contributed by atoms with Crippen LogP contribution in [0.15, 0.2) is 45.6 Å². The molecular formula is C22H22O13S. The number of hydrogen-bond acceptors (Lipinski definition) is 12. The Hall–Kier alpha value is -3.24. The van der Waals surface area contributed by atoms with Crippen LogP contribution in [-0.2, 0) is 19.3 Å². The summed E-state index contributed by atoms with van der Waals surface area (Å²) in [5.74, 6) is -0.596. The molecule has 2 heterocycles. The summed E-state index contributed by atoms with van der Waals surface area (Å²) in [5, 5.41) is 50.2. The Morgan fingerprint density at radius 3 is 2.39 bits per heavy atom. The Morgan fingerprint density at radius 2 is 1.75 bits per heavy atom. The van der Waals surface area contributed by atoms with Gasteiger partial charge in [-0.25, -0.2) is 4.18 Å². The first kappa shape index (κ1) is 25.8. The van der Waals surface area contributed by atoms with Gasteiger partial charge in [0, 0.05) is 11.6 Å². The molecule has 0 spiro atoms. The molecule has 194 valence electrons. The van der Waals surface area contributed by atoms with Crippen LogP contribution in [0.4, 0.5) is 0 Å². The molecule has 0 unspecified atom stereocenters. The first-order valence-electron chi connectivity index (χ1n) is 10.4. The molecule has 1 aliphatic rings. The Balaban J connectivity index is 1.86. The highest BCUT2D eigenvalue weighted by molar-refractivity contribution is 7.80. The maximum atomic E-state index is 12.8. The lowest BCUT2D eigenvalue weighted by atomic mass is 9.90. The summed E-state index contributed by atoms with van der Waals surface area (Å²) in [6.45, 7) is -0.769. The van der Waals surface area contributed by atoms with Crippen LogP contribution in [0.5, 0.6) is 17.2 Å². The van der Waals surface area contributed by atoms with Gasteiger partial charge in [-0.15, -0.1) is 0 Å². The Bertz CT molecular complexity index is 1450. The number of phenolic OH excluding ortho intramolecular Hbond substituents is 2. The maximum absolute atomic E-state index is 12.8. The van der Waals surface area contributed by atoms with Crippen molar-refractivity contribution in [2.24, 2.45) is 0 Å². The van der Waals surface area contributed by atoms with Crippen LogP contribution in [0, 0.1) is 0 Å². The van der Waals surface area contributed by atoms with Gasteiger partial charge in [-0.1, -0.05) is 0 Å². The maximum Gasteiger partial charge on any atom is 0.397 e. The smallest absolute Gasteiger partial charge is 0.397 e. The number of aromatic hydroxyl groups is 2. The SMILES string of the molecule is COc1cc(-c2cc(=O)c3c(O)cc([C@@H]4O[C@H](CO)[C@@H](O)[C@H](O)[C@H]4OS(=O)(=O)O)cc3o2)ccc1O. The largest absolute Gasteiger partial charge is 0.507 e. The van der Waals surface area contributed by atoms with Crippen molar-refractivity contribution in [2.45, 2.75) is 30.5 Å². The normalized spacial score (nSPS) is 24.6. The average Bonchev–Trinajstić information content (AvgIpc) is 2.81. The molecule has 13 nitrogen and oxygen atoms in total. The number of hydrogen-bond donors (Lipinski definition) is 6. The lowest BCUT2D eigenvalue weighted by Crippen LogP contribution is -2.56. The highest BCUT2D eigenvalue weighted by atomic mass is 32.3. The number of methoxy groups -OCH3 is 1. The molecule has 0 saturated carbocycles. The van der Waals surface area contributed by atoms with E-state index in [1.54, 1.807) is 0 Å². The van der Waals surface area contributed by atoms with Gasteiger partial charge < -0.3 is 39.4 Å². The molecule has 3 aromatic rings. The zero-order chi connectivity index (χ0) is 26.4. The predicted molar refractivity (Wildman–Crippen MR) is 121 cm³/mol. The third kappa shape index (κ3) is 4.87. The van der Waals surface area contributed by atoms with Crippen LogP contribution >= 0.6 is 0 Å². The fourth-order valence-electron chi connectivity index (χ4n) is 4.03. The lowest BCUT2D eigenvalue weighted by molar-refractivity contribution is -0.225. The zero-order valence-corrected chi connectivity index (χ0v) is 19.3. The van der Waals surface area contributed by atoms with Crippen molar-refractivity contribution in [3.05, 3.63) is 52.2 Å². The van der Waals surface area contributed by atoms with E-state index in [4.69, 9.17) is 18.4 Å². The average molecular weight is 526 g/mol. The van der Waals surface area contributed by atoms with Crippen molar-refractivity contribution in [3.8, 4) is 28.6 Å². The number of fused-ring (bicyclic) bond motifs is 1. The van der Waals surface area contributed by atoms with Crippen molar-refractivity contribution in [1.29, 1.82) is 0 Å². The Kier molecular flexibility index (Phi) is 6.94. The minimum Gasteiger partial charge on any atom is -0.507 e. The first-order chi connectivity index (χ1) is 16.9. The summed E-state index contributed by atoms with van der Waals surface area (Å²) in [6, 6.07) is 7.54. The van der Waals surface area contributed by atoms with E-state index in [2.05, 4.69) is 4.18 Å². The summed E-state index contributed by atoms with van der Waals surface area (Å²) in [6.07, 6.45) is -8.55. The van der Waals surface area contributed by atoms with Gasteiger partial charge in [0.2, 0.25) is 0 Å². The molecule has 4 rings (SSSR count). The summed E-state index contributed by atoms with van der Waals surface area (Å²) in [5.41, 5.74) is -0.535. The van der Waals surface area contributed by atoms with E-state index in [-0.39, 0.29) is 33.8 Å². The van der Waals surface area contributed by atoms with Crippen molar-refractivity contribution >= 4 is 21.4 Å². The van der Waals surface area contributed by atoms with Gasteiger partial charge in [0.15, 0.2) is 16.9 Å². The van der Waals surface area contributed by atoms with Crippen LogP contribution in [-0.4, -0.2) is 76.6 Å². The van der Waals surface area contributed by atoms with E-state index in [0.717, 1.165) is 12.1 Å². The second-order valence-corrected chi connectivity index (χ2v) is 9.07. The van der Waals surface area contributed by atoms with Gasteiger partial charge in [0.05, 0.1) is 13.7 Å². The molecule has 0 aliphatic carbocycles. The molecule has 0 radical (unpaired) electrons. The molecule has 36 heavy (non-hydrogen) atoms. The van der Waals surface area contributed by atoms with E-state index < -0.39 is 58.7 Å². The quantitative estimate of drug-likeness (QED) is 0.237. The van der Waals surface area contributed by atoms with Gasteiger partial charge in [0.1, 0.15) is 53.0 Å². The molecule has 1 aromatic heterocycles. The van der Waals surface area contributed by atoms with Crippen LogP contribution in [0.3, 0.4) is 0 Å². The van der Waals surface area contributed by atoms with Crippen LogP contribution in [0.25, 0.3) is 22.3 Å². The second kappa shape index (κ2) is 9.67. The third-order valence-corrected chi connectivity index (χ3v) is 6.19. The molecule has 0 amide bonds. The van der Waals surface area contributed by atoms with Gasteiger partial charge >= 0.3 is 10.4 Å². The van der Waals surface area contributed by atoms with Gasteiger partial charge in [-0.3, -0.25) is 9.35 Å². The summed E-state index contributed by atoms with van der Waals surface area (Å²) < 4.78 is 52.8. The van der Waals surface area contributed by atoms with Crippen molar-refractivity contribution < 1.29 is 56.6 Å². The monoisotopic (exact) mass is 526 g/mol. The van der Waals surface area contributed by atoms with E-state index in [1.165, 1.54) is 31.4 Å². The van der Waals surface area contributed by atoms with Crippen molar-refractivity contribution in [3.63, 3.8) is 0 Å². The predicted octanol–water partition coefficient (Wildman–Crippen LogP) is 0.222. The van der Waals surface area contributed by atoms with Crippen LogP contribution in [0.2, 0.25) is 0 Å². The third-order valence-electron chi connectivity index (χ3n) is 5.72. The van der Waals surface area contributed by atoms with Crippen molar-refractivity contribution in [1.82, 2.24) is 0 Å². The van der Waals surface area contributed by atoms with E-state index in [0.29, 0.717) is 5.56 Å². The molecule has 2 aromatic carbocycles. The highest BCUT2D eigenvalue weighted by Gasteiger charge is 2.47. The molecule has 1 fully saturated rings. The number of aliphatic hydroxyl groups is 3. The molecule has 1 aliphatic heterocycles. The molecule has 1 saturated heterocycles. The summed E-state index contributed by atoms with van der Waals surface area (Å²) in [7, 11) is -3.81. The molecule has 5 atom stereocenters. The number of aliphatic hydroxyl groups excluding tert-OH is 3. The fraction of sp³-hybridized carbons (Fsp3) is 0.318. The number of benzene rings is 2. The number of ether oxygens (including phenoxy) is 2. The standard InChI is InChI=1S/C22H22O13S/c1-32-15-5-9(2-3-11(15)24)14-7-13(26)18-12(25)4-10(6-16(18)33-14)21-22(35-36(29,30)31)20(28)19(27)17(8-23)34-21/h2-7,17,19-25,27-28H,8H2,1H3,(H,29,30,31)/t17-,19-,20+,21+,22-/m1/s1. The first-order valence-corrected chi connectivity index (χ1v) is 11.8. The summed E-state index contributed by atoms with van der Waals surface area (Å²) in [4.78, 5) is 12.8. The minimum absolute atomic E-state index is 0.0290. The van der Waals surface area contributed by atoms with E-state index in [1.807, 2.05) is 0 Å². The molecule has 0 bridgehead atoms. The van der Waals surface area contributed by atoms with Gasteiger partial charge in [-0.05, 0) is 35.9 Å². The number of phenols is 2. The topological polar surface area (TPSA) is 213 Å². The molecular weight excluding hydrogens is 504 g/mol. The minimum atomic E-state index is -5.14. The molecule has 14 heteroatoms. The highest BCUT2D eigenvalue weighted by Crippen LogP contribution is 2.39. The molecule has 6 N–H and O–H groups in total. The summed E-state index contributed by atoms with van der Waals surface area (Å²) >= 11 is 0. The zero-order valence-electron chi connectivity index (χ0n) is 18.5. The van der Waals surface area contributed by atoms with Crippen molar-refractivity contribution in [2.75, 3.05) is 13.7 Å². The van der Waals surface area contributed by atoms with E-state index in [9.17, 15) is 38.7 Å². The fourth-order valence-corrected chi connectivity index (χ4v) is 4.53. The van der Waals surface area contributed by atoms with Crippen LogP contribution in [0.1, 0.15) is 11.7 Å².